The second kappa shape index (κ2) is 14.2. The summed E-state index contributed by atoms with van der Waals surface area (Å²) in [6.07, 6.45) is 0. The monoisotopic (exact) mass is 318 g/mol. The van der Waals surface area contributed by atoms with E-state index in [2.05, 4.69) is 0 Å². The van der Waals surface area contributed by atoms with Crippen molar-refractivity contribution >= 4 is 136 Å². The Morgan fingerprint density at radius 3 is 1.38 bits per heavy atom. The SMILES string of the molecule is N[C@@H](CSSC[C@H](N)C(=O)O)C(=O)O.[K].[K]. The van der Waals surface area contributed by atoms with Gasteiger partial charge in [-0.05, 0) is 0 Å². The molecule has 0 saturated carbocycles. The number of carbonyl (C=O) groups is 2. The van der Waals surface area contributed by atoms with Crippen LogP contribution in [-0.4, -0.2) is 149 Å². The van der Waals surface area contributed by atoms with Crippen LogP contribution in [0.5, 0.6) is 0 Å². The Hall–Kier alpha value is 2.83. The molecule has 0 aromatic carbocycles. The van der Waals surface area contributed by atoms with E-state index in [1.54, 1.807) is 0 Å². The third-order valence-electron chi connectivity index (χ3n) is 1.21. The molecule has 0 heterocycles. The summed E-state index contributed by atoms with van der Waals surface area (Å²) in [6.45, 7) is 0. The molecule has 0 fully saturated rings. The van der Waals surface area contributed by atoms with E-state index < -0.39 is 24.0 Å². The van der Waals surface area contributed by atoms with Crippen molar-refractivity contribution < 1.29 is 19.8 Å². The molecule has 10 heteroatoms. The number of carboxylic acids is 2. The van der Waals surface area contributed by atoms with Gasteiger partial charge in [0.15, 0.2) is 0 Å². The molecule has 16 heavy (non-hydrogen) atoms. The van der Waals surface area contributed by atoms with E-state index >= 15 is 0 Å². The minimum Gasteiger partial charge on any atom is -0.480 e. The molecule has 0 amide bonds. The van der Waals surface area contributed by atoms with Crippen LogP contribution in [0.3, 0.4) is 0 Å². The van der Waals surface area contributed by atoms with Crippen LogP contribution >= 0.6 is 21.6 Å². The third kappa shape index (κ3) is 13.3. The van der Waals surface area contributed by atoms with E-state index in [0.717, 1.165) is 0 Å². The van der Waals surface area contributed by atoms with Gasteiger partial charge in [-0.2, -0.15) is 0 Å². The topological polar surface area (TPSA) is 127 Å². The minimum absolute atomic E-state index is 0. The maximum Gasteiger partial charge on any atom is 0.321 e. The van der Waals surface area contributed by atoms with Gasteiger partial charge in [0.2, 0.25) is 0 Å². The van der Waals surface area contributed by atoms with Crippen LogP contribution < -0.4 is 11.5 Å². The fourth-order valence-electron chi connectivity index (χ4n) is 0.385. The predicted octanol–water partition coefficient (Wildman–Crippen LogP) is -1.57. The first-order valence-corrected chi connectivity index (χ1v) is 6.15. The summed E-state index contributed by atoms with van der Waals surface area (Å²) >= 11 is 0. The number of rotatable bonds is 7. The molecule has 0 unspecified atom stereocenters. The molecule has 0 spiro atoms. The first kappa shape index (κ1) is 23.9. The minimum atomic E-state index is -1.07. The number of hydrogen-bond acceptors (Lipinski definition) is 6. The summed E-state index contributed by atoms with van der Waals surface area (Å²) in [5.41, 5.74) is 10.4. The van der Waals surface area contributed by atoms with Crippen LogP contribution in [0.25, 0.3) is 0 Å². The van der Waals surface area contributed by atoms with Gasteiger partial charge in [0.1, 0.15) is 12.1 Å². The molecule has 84 valence electrons. The molecular weight excluding hydrogens is 306 g/mol. The Labute approximate surface area is 187 Å². The zero-order valence-corrected chi connectivity index (χ0v) is 17.1. The summed E-state index contributed by atoms with van der Waals surface area (Å²) in [4.78, 5) is 20.5. The molecule has 0 aromatic rings. The molecule has 2 radical (unpaired) electrons. The van der Waals surface area contributed by atoms with E-state index in [-0.39, 0.29) is 114 Å². The average molecular weight is 319 g/mol. The van der Waals surface area contributed by atoms with Crippen LogP contribution in [0, 0.1) is 0 Å². The smallest absolute Gasteiger partial charge is 0.321 e. The van der Waals surface area contributed by atoms with E-state index in [1.807, 2.05) is 0 Å². The average Bonchev–Trinajstić information content (AvgIpc) is 2.11. The standard InChI is InChI=1S/C6H12N2O4S2.2K/c7-3(5(9)10)1-13-14-2-4(8)6(11)12;;/h3-4H,1-2,7-8H2,(H,9,10)(H,11,12);;/t3-,4-;;/m0../s1. The van der Waals surface area contributed by atoms with Crippen LogP contribution in [0.1, 0.15) is 0 Å². The fraction of sp³-hybridized carbons (Fsp3) is 0.667. The van der Waals surface area contributed by atoms with Crippen LogP contribution in [0.15, 0.2) is 0 Å². The fourth-order valence-corrected chi connectivity index (χ4v) is 2.61. The second-order valence-corrected chi connectivity index (χ2v) is 5.01. The Kier molecular flexibility index (Phi) is 21.3. The quantitative estimate of drug-likeness (QED) is 0.252. The predicted molar refractivity (Wildman–Crippen MR) is 67.6 cm³/mol. The molecule has 6 nitrogen and oxygen atoms in total. The number of hydrogen-bond donors (Lipinski definition) is 4. The zero-order valence-electron chi connectivity index (χ0n) is 9.25. The maximum absolute atomic E-state index is 10.3. The van der Waals surface area contributed by atoms with E-state index in [4.69, 9.17) is 21.7 Å². The molecule has 0 aliphatic rings. The van der Waals surface area contributed by atoms with Crippen molar-refractivity contribution in [3.8, 4) is 0 Å². The summed E-state index contributed by atoms with van der Waals surface area (Å²) in [5.74, 6) is -1.68. The number of carboxylic acid groups (broad SMARTS) is 2. The molecule has 0 aliphatic heterocycles. The van der Waals surface area contributed by atoms with Gasteiger partial charge < -0.3 is 21.7 Å². The zero-order chi connectivity index (χ0) is 11.1. The molecule has 0 aromatic heterocycles. The van der Waals surface area contributed by atoms with Crippen molar-refractivity contribution in [3.05, 3.63) is 0 Å². The van der Waals surface area contributed by atoms with Crippen molar-refractivity contribution in [1.82, 2.24) is 0 Å². The number of nitrogens with two attached hydrogens (primary N) is 2. The van der Waals surface area contributed by atoms with Gasteiger partial charge in [0, 0.05) is 114 Å². The summed E-state index contributed by atoms with van der Waals surface area (Å²) in [5, 5.41) is 16.8. The van der Waals surface area contributed by atoms with Gasteiger partial charge in [-0.1, -0.05) is 21.6 Å². The van der Waals surface area contributed by atoms with Gasteiger partial charge in [0.25, 0.3) is 0 Å². The van der Waals surface area contributed by atoms with Gasteiger partial charge in [-0.3, -0.25) is 9.59 Å². The molecular formula is C6H12K2N2O4S2. The van der Waals surface area contributed by atoms with Gasteiger partial charge in [0.05, 0.1) is 0 Å². The molecule has 6 N–H and O–H groups in total. The summed E-state index contributed by atoms with van der Waals surface area (Å²) in [6, 6.07) is -1.85. The molecule has 0 bridgehead atoms. The summed E-state index contributed by atoms with van der Waals surface area (Å²) in [7, 11) is 2.41. The van der Waals surface area contributed by atoms with Gasteiger partial charge in [-0.25, -0.2) is 0 Å². The van der Waals surface area contributed by atoms with Crippen LogP contribution in [-0.2, 0) is 9.59 Å². The maximum atomic E-state index is 10.3. The Morgan fingerprint density at radius 2 is 1.19 bits per heavy atom. The molecule has 0 aliphatic carbocycles. The normalized spacial score (nSPS) is 12.9. The second-order valence-electron chi connectivity index (χ2n) is 2.46. The first-order chi connectivity index (χ1) is 6.45. The summed E-state index contributed by atoms with van der Waals surface area (Å²) < 4.78 is 0. The number of aliphatic carboxylic acids is 2. The van der Waals surface area contributed by atoms with Crippen LogP contribution in [0.4, 0.5) is 0 Å². The Balaban J connectivity index is -0.000000845. The van der Waals surface area contributed by atoms with Crippen molar-refractivity contribution in [2.24, 2.45) is 11.5 Å². The third-order valence-corrected chi connectivity index (χ3v) is 3.69. The Morgan fingerprint density at radius 1 is 0.938 bits per heavy atom. The first-order valence-electron chi connectivity index (χ1n) is 3.66. The van der Waals surface area contributed by atoms with E-state index in [0.29, 0.717) is 0 Å². The van der Waals surface area contributed by atoms with Crippen molar-refractivity contribution in [1.29, 1.82) is 0 Å². The van der Waals surface area contributed by atoms with Gasteiger partial charge >= 0.3 is 11.9 Å². The largest absolute Gasteiger partial charge is 0.480 e. The van der Waals surface area contributed by atoms with Crippen LogP contribution in [0.2, 0.25) is 0 Å². The molecule has 0 rings (SSSR count). The van der Waals surface area contributed by atoms with Crippen molar-refractivity contribution in [3.63, 3.8) is 0 Å². The molecule has 0 saturated heterocycles. The Bertz CT molecular complexity index is 201. The van der Waals surface area contributed by atoms with Crippen molar-refractivity contribution in [2.75, 3.05) is 11.5 Å². The van der Waals surface area contributed by atoms with Crippen molar-refractivity contribution in [2.45, 2.75) is 12.1 Å². The molecule has 2 atom stereocenters. The van der Waals surface area contributed by atoms with Gasteiger partial charge in [-0.15, -0.1) is 0 Å². The van der Waals surface area contributed by atoms with E-state index in [9.17, 15) is 9.59 Å². The van der Waals surface area contributed by atoms with E-state index in [1.165, 1.54) is 21.6 Å².